The summed E-state index contributed by atoms with van der Waals surface area (Å²) in [5, 5.41) is 5.73. The molecule has 0 radical (unpaired) electrons. The molecule has 0 aliphatic carbocycles. The predicted octanol–water partition coefficient (Wildman–Crippen LogP) is 2.22. The van der Waals surface area contributed by atoms with E-state index in [0.717, 1.165) is 13.0 Å². The number of amides is 1. The number of nitrogens with zero attached hydrogens (tertiary/aromatic N) is 2. The molecular weight excluding hydrogens is 228 g/mol. The zero-order valence-corrected chi connectivity index (χ0v) is 11.2. The number of carbonyl (C=O) groups excluding carboxylic acids is 1. The normalized spacial score (nSPS) is 10.1. The van der Waals surface area contributed by atoms with Gasteiger partial charge in [-0.1, -0.05) is 32.6 Å². The van der Waals surface area contributed by atoms with E-state index in [1.165, 1.54) is 31.9 Å². The Kier molecular flexibility index (Phi) is 6.76. The van der Waals surface area contributed by atoms with Crippen molar-refractivity contribution in [2.75, 3.05) is 18.9 Å². The van der Waals surface area contributed by atoms with Gasteiger partial charge in [-0.25, -0.2) is 9.97 Å². The topological polar surface area (TPSA) is 66.9 Å². The Morgan fingerprint density at radius 2 is 1.89 bits per heavy atom. The SMILES string of the molecule is CCCCCCCNc1nccnc1C(=O)NC. The highest BCUT2D eigenvalue weighted by molar-refractivity contribution is 5.96. The molecule has 0 aliphatic rings. The van der Waals surface area contributed by atoms with Crippen molar-refractivity contribution in [1.82, 2.24) is 15.3 Å². The van der Waals surface area contributed by atoms with E-state index in [-0.39, 0.29) is 5.91 Å². The van der Waals surface area contributed by atoms with E-state index in [2.05, 4.69) is 27.5 Å². The molecular formula is C13H22N4O. The lowest BCUT2D eigenvalue weighted by Crippen LogP contribution is -2.22. The summed E-state index contributed by atoms with van der Waals surface area (Å²) in [5.41, 5.74) is 0.355. The summed E-state index contributed by atoms with van der Waals surface area (Å²) in [4.78, 5) is 19.7. The quantitative estimate of drug-likeness (QED) is 0.694. The molecule has 1 rings (SSSR count). The van der Waals surface area contributed by atoms with Gasteiger partial charge in [0.1, 0.15) is 0 Å². The first kappa shape index (κ1) is 14.4. The monoisotopic (exact) mass is 250 g/mol. The molecule has 1 aromatic heterocycles. The first-order valence-corrected chi connectivity index (χ1v) is 6.56. The van der Waals surface area contributed by atoms with Crippen LogP contribution in [0.5, 0.6) is 0 Å². The summed E-state index contributed by atoms with van der Waals surface area (Å²) >= 11 is 0. The van der Waals surface area contributed by atoms with E-state index in [1.54, 1.807) is 13.2 Å². The molecule has 1 amide bonds. The molecule has 0 saturated carbocycles. The summed E-state index contributed by atoms with van der Waals surface area (Å²) in [6, 6.07) is 0. The molecule has 0 atom stereocenters. The molecule has 0 aromatic carbocycles. The van der Waals surface area contributed by atoms with Crippen LogP contribution in [0, 0.1) is 0 Å². The zero-order valence-electron chi connectivity index (χ0n) is 11.2. The average Bonchev–Trinajstić information content (AvgIpc) is 2.42. The van der Waals surface area contributed by atoms with Crippen molar-refractivity contribution in [1.29, 1.82) is 0 Å². The Morgan fingerprint density at radius 1 is 1.17 bits per heavy atom. The highest BCUT2D eigenvalue weighted by Gasteiger charge is 2.11. The van der Waals surface area contributed by atoms with Crippen molar-refractivity contribution in [3.05, 3.63) is 18.1 Å². The molecule has 18 heavy (non-hydrogen) atoms. The maximum atomic E-state index is 11.6. The van der Waals surface area contributed by atoms with Gasteiger partial charge in [0.25, 0.3) is 5.91 Å². The number of hydrogen-bond acceptors (Lipinski definition) is 4. The van der Waals surface area contributed by atoms with Crippen LogP contribution in [0.1, 0.15) is 49.5 Å². The fraction of sp³-hybridized carbons (Fsp3) is 0.615. The number of hydrogen-bond donors (Lipinski definition) is 2. The van der Waals surface area contributed by atoms with Crippen LogP contribution in [-0.2, 0) is 0 Å². The highest BCUT2D eigenvalue weighted by Crippen LogP contribution is 2.09. The molecule has 5 nitrogen and oxygen atoms in total. The second-order valence-electron chi connectivity index (χ2n) is 4.17. The minimum Gasteiger partial charge on any atom is -0.368 e. The van der Waals surface area contributed by atoms with E-state index >= 15 is 0 Å². The minimum absolute atomic E-state index is 0.211. The van der Waals surface area contributed by atoms with E-state index in [0.29, 0.717) is 11.5 Å². The van der Waals surface area contributed by atoms with Crippen LogP contribution in [-0.4, -0.2) is 29.5 Å². The second-order valence-corrected chi connectivity index (χ2v) is 4.17. The number of carbonyl (C=O) groups is 1. The van der Waals surface area contributed by atoms with Crippen LogP contribution < -0.4 is 10.6 Å². The van der Waals surface area contributed by atoms with E-state index in [4.69, 9.17) is 0 Å². The van der Waals surface area contributed by atoms with Gasteiger partial charge in [-0.3, -0.25) is 4.79 Å². The largest absolute Gasteiger partial charge is 0.368 e. The number of unbranched alkanes of at least 4 members (excludes halogenated alkanes) is 4. The Balaban J connectivity index is 2.39. The Bertz CT molecular complexity index is 368. The van der Waals surface area contributed by atoms with Crippen LogP contribution in [0.2, 0.25) is 0 Å². The first-order chi connectivity index (χ1) is 8.79. The van der Waals surface area contributed by atoms with Gasteiger partial charge in [0, 0.05) is 26.0 Å². The molecule has 0 saturated heterocycles. The Morgan fingerprint density at radius 3 is 2.61 bits per heavy atom. The maximum absolute atomic E-state index is 11.6. The third-order valence-corrected chi connectivity index (χ3v) is 2.71. The molecule has 1 aromatic rings. The number of anilines is 1. The molecule has 0 spiro atoms. The highest BCUT2D eigenvalue weighted by atomic mass is 16.1. The van der Waals surface area contributed by atoms with Crippen LogP contribution >= 0.6 is 0 Å². The van der Waals surface area contributed by atoms with Crippen molar-refractivity contribution in [2.24, 2.45) is 0 Å². The third-order valence-electron chi connectivity index (χ3n) is 2.71. The van der Waals surface area contributed by atoms with E-state index in [1.807, 2.05) is 0 Å². The lowest BCUT2D eigenvalue weighted by Gasteiger charge is -2.08. The summed E-state index contributed by atoms with van der Waals surface area (Å²) in [6.07, 6.45) is 9.21. The standard InChI is InChI=1S/C13H22N4O/c1-3-4-5-6-7-8-16-12-11(13(18)14-2)15-9-10-17-12/h9-10H,3-8H2,1-2H3,(H,14,18)(H,16,17). The number of nitrogens with one attached hydrogen (secondary N) is 2. The van der Waals surface area contributed by atoms with Gasteiger partial charge < -0.3 is 10.6 Å². The van der Waals surface area contributed by atoms with Gasteiger partial charge in [0.05, 0.1) is 0 Å². The second kappa shape index (κ2) is 8.44. The summed E-state index contributed by atoms with van der Waals surface area (Å²) in [5.74, 6) is 0.351. The smallest absolute Gasteiger partial charge is 0.273 e. The average molecular weight is 250 g/mol. The van der Waals surface area contributed by atoms with E-state index in [9.17, 15) is 4.79 Å². The van der Waals surface area contributed by atoms with Crippen molar-refractivity contribution >= 4 is 11.7 Å². The fourth-order valence-electron chi connectivity index (χ4n) is 1.69. The first-order valence-electron chi connectivity index (χ1n) is 6.56. The summed E-state index contributed by atoms with van der Waals surface area (Å²) < 4.78 is 0. The van der Waals surface area contributed by atoms with Gasteiger partial charge in [-0.05, 0) is 6.42 Å². The summed E-state index contributed by atoms with van der Waals surface area (Å²) in [7, 11) is 1.59. The molecule has 0 aliphatic heterocycles. The van der Waals surface area contributed by atoms with Gasteiger partial charge in [-0.2, -0.15) is 0 Å². The maximum Gasteiger partial charge on any atom is 0.273 e. The van der Waals surface area contributed by atoms with Gasteiger partial charge in [0.15, 0.2) is 11.5 Å². The van der Waals surface area contributed by atoms with Crippen LogP contribution in [0.4, 0.5) is 5.82 Å². The van der Waals surface area contributed by atoms with E-state index < -0.39 is 0 Å². The molecule has 5 heteroatoms. The predicted molar refractivity (Wildman–Crippen MR) is 72.7 cm³/mol. The van der Waals surface area contributed by atoms with Crippen molar-refractivity contribution in [3.8, 4) is 0 Å². The van der Waals surface area contributed by atoms with Gasteiger partial charge in [-0.15, -0.1) is 0 Å². The summed E-state index contributed by atoms with van der Waals surface area (Å²) in [6.45, 7) is 3.03. The van der Waals surface area contributed by atoms with Crippen LogP contribution in [0.3, 0.4) is 0 Å². The lowest BCUT2D eigenvalue weighted by atomic mass is 10.1. The lowest BCUT2D eigenvalue weighted by molar-refractivity contribution is 0.0958. The molecule has 0 fully saturated rings. The minimum atomic E-state index is -0.211. The number of rotatable bonds is 8. The number of aromatic nitrogens is 2. The van der Waals surface area contributed by atoms with Crippen LogP contribution in [0.25, 0.3) is 0 Å². The fourth-order valence-corrected chi connectivity index (χ4v) is 1.69. The molecule has 1 heterocycles. The molecule has 0 bridgehead atoms. The third kappa shape index (κ3) is 4.69. The van der Waals surface area contributed by atoms with Crippen molar-refractivity contribution in [3.63, 3.8) is 0 Å². The molecule has 100 valence electrons. The Hall–Kier alpha value is -1.65. The molecule has 2 N–H and O–H groups in total. The van der Waals surface area contributed by atoms with Gasteiger partial charge in [0.2, 0.25) is 0 Å². The molecule has 0 unspecified atom stereocenters. The van der Waals surface area contributed by atoms with Crippen molar-refractivity contribution in [2.45, 2.75) is 39.0 Å². The van der Waals surface area contributed by atoms with Gasteiger partial charge >= 0.3 is 0 Å². The Labute approximate surface area is 108 Å². The van der Waals surface area contributed by atoms with Crippen LogP contribution in [0.15, 0.2) is 12.4 Å². The van der Waals surface area contributed by atoms with Crippen molar-refractivity contribution < 1.29 is 4.79 Å². The zero-order chi connectivity index (χ0) is 13.2.